The summed E-state index contributed by atoms with van der Waals surface area (Å²) < 4.78 is 68.8. The van der Waals surface area contributed by atoms with Gasteiger partial charge in [-0.2, -0.15) is 17.5 Å². The number of anilines is 1. The lowest BCUT2D eigenvalue weighted by Crippen LogP contribution is -2.65. The normalized spacial score (nSPS) is 24.5. The van der Waals surface area contributed by atoms with Gasteiger partial charge in [0.15, 0.2) is 0 Å². The zero-order valence-electron chi connectivity index (χ0n) is 16.9. The maximum atomic E-state index is 14.5. The van der Waals surface area contributed by atoms with Crippen molar-refractivity contribution in [1.82, 2.24) is 19.2 Å². The smallest absolute Gasteiger partial charge is 0.316 e. The number of fused-ring (bicyclic) bond motifs is 3. The first kappa shape index (κ1) is 21.6. The fraction of sp³-hybridized carbons (Fsp3) is 0.500. The highest BCUT2D eigenvalue weighted by atomic mass is 32.2. The maximum Gasteiger partial charge on any atom is 0.440 e. The van der Waals surface area contributed by atoms with E-state index in [4.69, 9.17) is 0 Å². The number of nitrogens with zero attached hydrogens (tertiary/aromatic N) is 3. The zero-order chi connectivity index (χ0) is 22.9. The number of halogens is 3. The van der Waals surface area contributed by atoms with Crippen LogP contribution in [-0.4, -0.2) is 59.1 Å². The molecular formula is C18H20F3N5O4S. The van der Waals surface area contributed by atoms with Crippen molar-refractivity contribution >= 4 is 38.8 Å². The molecule has 4 rings (SSSR count). The van der Waals surface area contributed by atoms with Crippen LogP contribution in [0.15, 0.2) is 12.1 Å². The Labute approximate surface area is 175 Å². The molecule has 1 aromatic carbocycles. The summed E-state index contributed by atoms with van der Waals surface area (Å²) in [6.45, 7) is 3.49. The highest BCUT2D eigenvalue weighted by Gasteiger charge is 2.68. The van der Waals surface area contributed by atoms with Crippen molar-refractivity contribution in [2.45, 2.75) is 44.6 Å². The molecule has 2 amide bonds. The molecule has 0 radical (unpaired) electrons. The summed E-state index contributed by atoms with van der Waals surface area (Å²) >= 11 is 0. The lowest BCUT2D eigenvalue weighted by atomic mass is 10.1. The van der Waals surface area contributed by atoms with Gasteiger partial charge in [0, 0.05) is 6.54 Å². The lowest BCUT2D eigenvalue weighted by Gasteiger charge is -2.33. The number of hydrogen-bond donors (Lipinski definition) is 2. The Balaban J connectivity index is 1.87. The van der Waals surface area contributed by atoms with Gasteiger partial charge in [-0.25, -0.2) is 13.4 Å². The van der Waals surface area contributed by atoms with Crippen molar-refractivity contribution in [3.05, 3.63) is 23.3 Å². The molecule has 1 unspecified atom stereocenters. The first-order chi connectivity index (χ1) is 14.3. The van der Waals surface area contributed by atoms with E-state index in [2.05, 4.69) is 10.3 Å². The molecule has 1 saturated heterocycles. The minimum Gasteiger partial charge on any atom is -0.316 e. The van der Waals surface area contributed by atoms with E-state index < -0.39 is 39.7 Å². The highest BCUT2D eigenvalue weighted by molar-refractivity contribution is 7.88. The van der Waals surface area contributed by atoms with Crippen LogP contribution in [0, 0.1) is 13.8 Å². The molecular weight excluding hydrogens is 439 g/mol. The zero-order valence-corrected chi connectivity index (χ0v) is 17.7. The van der Waals surface area contributed by atoms with Gasteiger partial charge >= 0.3 is 6.18 Å². The first-order valence-electron chi connectivity index (χ1n) is 9.44. The lowest BCUT2D eigenvalue weighted by molar-refractivity contribution is -0.218. The number of sulfonamides is 1. The molecule has 13 heteroatoms. The van der Waals surface area contributed by atoms with Gasteiger partial charge in [-0.15, -0.1) is 0 Å². The molecule has 2 atom stereocenters. The van der Waals surface area contributed by atoms with E-state index in [1.165, 1.54) is 6.07 Å². The molecule has 1 fully saturated rings. The summed E-state index contributed by atoms with van der Waals surface area (Å²) in [6.07, 6.45) is -4.00. The average Bonchev–Trinajstić information content (AvgIpc) is 3.30. The number of aryl methyl sites for hydroxylation is 2. The Morgan fingerprint density at radius 1 is 1.29 bits per heavy atom. The van der Waals surface area contributed by atoms with Gasteiger partial charge in [0.1, 0.15) is 6.04 Å². The van der Waals surface area contributed by atoms with E-state index >= 15 is 0 Å². The van der Waals surface area contributed by atoms with E-state index in [1.54, 1.807) is 19.9 Å². The highest BCUT2D eigenvalue weighted by Crippen LogP contribution is 2.44. The topological polar surface area (TPSA) is 113 Å². The fourth-order valence-corrected chi connectivity index (χ4v) is 5.27. The third kappa shape index (κ3) is 3.09. The maximum absolute atomic E-state index is 14.5. The van der Waals surface area contributed by atoms with Crippen LogP contribution >= 0.6 is 0 Å². The predicted molar refractivity (Wildman–Crippen MR) is 105 cm³/mol. The number of amides is 2. The standard InChI is InChI=1S/C18H20F3N5O4S/c1-9-7-11-13(8-10(9)2)26-16(22-11)23-15(28)17(26,18(19,20)21)24-14(27)12-5-4-6-25(12)31(3,29)30/h7-8,12H,4-6H2,1-3H3,(H,24,27)(H,22,23,28)/t12-,17?/m0/s1. The Morgan fingerprint density at radius 2 is 1.94 bits per heavy atom. The Morgan fingerprint density at radius 3 is 2.55 bits per heavy atom. The van der Waals surface area contributed by atoms with Gasteiger partial charge in [0.25, 0.3) is 11.6 Å². The number of imidazole rings is 1. The number of aromatic nitrogens is 2. The molecule has 31 heavy (non-hydrogen) atoms. The molecule has 3 heterocycles. The molecule has 2 aliphatic heterocycles. The van der Waals surface area contributed by atoms with Gasteiger partial charge in [0.2, 0.25) is 21.9 Å². The third-order valence-electron chi connectivity index (χ3n) is 5.81. The van der Waals surface area contributed by atoms with Crippen molar-refractivity contribution in [2.24, 2.45) is 0 Å². The largest absolute Gasteiger partial charge is 0.440 e. The first-order valence-corrected chi connectivity index (χ1v) is 11.3. The van der Waals surface area contributed by atoms with Crippen molar-refractivity contribution < 1.29 is 31.2 Å². The molecule has 0 saturated carbocycles. The van der Waals surface area contributed by atoms with Crippen LogP contribution in [-0.2, 0) is 25.3 Å². The summed E-state index contributed by atoms with van der Waals surface area (Å²) in [5, 5.41) is 3.94. The summed E-state index contributed by atoms with van der Waals surface area (Å²) in [4.78, 5) is 29.6. The summed E-state index contributed by atoms with van der Waals surface area (Å²) in [6, 6.07) is 1.71. The second kappa shape index (κ2) is 6.66. The van der Waals surface area contributed by atoms with Crippen molar-refractivity contribution in [1.29, 1.82) is 0 Å². The van der Waals surface area contributed by atoms with E-state index in [1.807, 2.05) is 5.32 Å². The van der Waals surface area contributed by atoms with Crippen molar-refractivity contribution in [2.75, 3.05) is 18.1 Å². The second-order valence-electron chi connectivity index (χ2n) is 7.88. The van der Waals surface area contributed by atoms with Crippen LogP contribution in [0.3, 0.4) is 0 Å². The van der Waals surface area contributed by atoms with E-state index in [-0.39, 0.29) is 29.9 Å². The predicted octanol–water partition coefficient (Wildman–Crippen LogP) is 1.36. The number of benzene rings is 1. The number of rotatable bonds is 3. The van der Waals surface area contributed by atoms with Crippen molar-refractivity contribution in [3.63, 3.8) is 0 Å². The number of nitrogens with one attached hydrogen (secondary N) is 2. The Hall–Kier alpha value is -2.67. The van der Waals surface area contributed by atoms with Crippen LogP contribution in [0.2, 0.25) is 0 Å². The quantitative estimate of drug-likeness (QED) is 0.720. The number of carbonyl (C=O) groups excluding carboxylic acids is 2. The van der Waals surface area contributed by atoms with Crippen molar-refractivity contribution in [3.8, 4) is 0 Å². The SMILES string of the molecule is Cc1cc2nc3n(c2cc1C)C(NC(=O)[C@@H]1CCCN1S(C)(=O)=O)(C(F)(F)F)C(=O)N3. The average molecular weight is 459 g/mol. The van der Waals surface area contributed by atoms with Crippen LogP contribution in [0.25, 0.3) is 11.0 Å². The van der Waals surface area contributed by atoms with Crippen LogP contribution < -0.4 is 10.6 Å². The van der Waals surface area contributed by atoms with Gasteiger partial charge in [-0.1, -0.05) is 0 Å². The molecule has 0 bridgehead atoms. The molecule has 1 aromatic heterocycles. The monoisotopic (exact) mass is 459 g/mol. The summed E-state index contributed by atoms with van der Waals surface area (Å²) in [7, 11) is -3.82. The Kier molecular flexibility index (Phi) is 4.63. The number of alkyl halides is 3. The Bertz CT molecular complexity index is 1220. The van der Waals surface area contributed by atoms with Crippen LogP contribution in [0.4, 0.5) is 19.1 Å². The van der Waals surface area contributed by atoms with Gasteiger partial charge in [-0.05, 0) is 49.9 Å². The fourth-order valence-electron chi connectivity index (χ4n) is 4.15. The molecule has 168 valence electrons. The number of hydrogen-bond acceptors (Lipinski definition) is 5. The molecule has 2 N–H and O–H groups in total. The van der Waals surface area contributed by atoms with E-state index in [9.17, 15) is 31.2 Å². The molecule has 0 aliphatic carbocycles. The number of carbonyl (C=O) groups is 2. The molecule has 2 aliphatic rings. The minimum absolute atomic E-state index is 0.0138. The van der Waals surface area contributed by atoms with Gasteiger partial charge in [-0.3, -0.25) is 19.5 Å². The van der Waals surface area contributed by atoms with Gasteiger partial charge < -0.3 is 5.32 Å². The van der Waals surface area contributed by atoms with Crippen LogP contribution in [0.5, 0.6) is 0 Å². The second-order valence-corrected chi connectivity index (χ2v) is 9.81. The summed E-state index contributed by atoms with van der Waals surface area (Å²) in [5.41, 5.74) is -1.75. The molecule has 2 aromatic rings. The van der Waals surface area contributed by atoms with Gasteiger partial charge in [0.05, 0.1) is 17.3 Å². The molecule has 0 spiro atoms. The van der Waals surface area contributed by atoms with Crippen LogP contribution in [0.1, 0.15) is 24.0 Å². The third-order valence-corrected chi connectivity index (χ3v) is 7.09. The molecule has 9 nitrogen and oxygen atoms in total. The van der Waals surface area contributed by atoms with E-state index in [0.29, 0.717) is 16.6 Å². The van der Waals surface area contributed by atoms with E-state index in [0.717, 1.165) is 16.1 Å². The minimum atomic E-state index is -5.24. The summed E-state index contributed by atoms with van der Waals surface area (Å²) in [5.74, 6) is -3.07.